The number of urea groups is 1. The highest BCUT2D eigenvalue weighted by Gasteiger charge is 2.19. The van der Waals surface area contributed by atoms with E-state index in [1.54, 1.807) is 11.8 Å². The third-order valence-electron chi connectivity index (χ3n) is 3.76. The molecule has 0 spiro atoms. The van der Waals surface area contributed by atoms with Crippen molar-refractivity contribution in [3.63, 3.8) is 0 Å². The van der Waals surface area contributed by atoms with E-state index in [9.17, 15) is 19.2 Å². The molecule has 0 bridgehead atoms. The van der Waals surface area contributed by atoms with Crippen molar-refractivity contribution in [1.29, 1.82) is 0 Å². The summed E-state index contributed by atoms with van der Waals surface area (Å²) in [6.45, 7) is 6.09. The van der Waals surface area contributed by atoms with E-state index in [-0.39, 0.29) is 23.2 Å². The Hall–Kier alpha value is -2.38. The topological polar surface area (TPSA) is 84.6 Å². The van der Waals surface area contributed by atoms with Crippen molar-refractivity contribution >= 4 is 11.9 Å². The summed E-state index contributed by atoms with van der Waals surface area (Å²) in [4.78, 5) is 49.6. The van der Waals surface area contributed by atoms with E-state index in [1.165, 1.54) is 31.8 Å². The standard InChI is InChI=1S/C15H24N4O4/c1-6-18(14(22)16(4)12(3)20)8-7-9-19-10-11(2)13(21)17(5)15(19)23/h10H,6-9H2,1-5H3. The third kappa shape index (κ3) is 4.30. The number of hydrogen-bond acceptors (Lipinski definition) is 4. The van der Waals surface area contributed by atoms with Crippen molar-refractivity contribution in [2.45, 2.75) is 33.7 Å². The van der Waals surface area contributed by atoms with Gasteiger partial charge >= 0.3 is 11.7 Å². The largest absolute Gasteiger partial charge is 0.330 e. The molecule has 0 radical (unpaired) electrons. The van der Waals surface area contributed by atoms with E-state index >= 15 is 0 Å². The van der Waals surface area contributed by atoms with Crippen LogP contribution in [0.1, 0.15) is 25.8 Å². The predicted octanol–water partition coefficient (Wildman–Crippen LogP) is 0.166. The minimum absolute atomic E-state index is 0.306. The van der Waals surface area contributed by atoms with Crippen LogP contribution in [0.5, 0.6) is 0 Å². The van der Waals surface area contributed by atoms with E-state index in [1.807, 2.05) is 6.92 Å². The number of carbonyl (C=O) groups is 2. The number of carbonyl (C=O) groups excluding carboxylic acids is 2. The Morgan fingerprint density at radius 2 is 1.87 bits per heavy atom. The Labute approximate surface area is 134 Å². The lowest BCUT2D eigenvalue weighted by Crippen LogP contribution is -2.44. The second-order valence-corrected chi connectivity index (χ2v) is 5.45. The maximum atomic E-state index is 12.1. The molecule has 0 saturated carbocycles. The number of imide groups is 1. The predicted molar refractivity (Wildman–Crippen MR) is 86.4 cm³/mol. The monoisotopic (exact) mass is 324 g/mol. The minimum Gasteiger partial charge on any atom is -0.325 e. The molecule has 0 unspecified atom stereocenters. The Morgan fingerprint density at radius 1 is 1.26 bits per heavy atom. The van der Waals surface area contributed by atoms with Crippen molar-refractivity contribution in [1.82, 2.24) is 18.9 Å². The molecule has 0 aliphatic rings. The summed E-state index contributed by atoms with van der Waals surface area (Å²) in [6, 6.07) is -0.357. The molecule has 0 aliphatic heterocycles. The van der Waals surface area contributed by atoms with E-state index in [0.717, 1.165) is 9.47 Å². The summed E-state index contributed by atoms with van der Waals surface area (Å²) in [6.07, 6.45) is 2.08. The van der Waals surface area contributed by atoms with Gasteiger partial charge in [-0.15, -0.1) is 0 Å². The van der Waals surface area contributed by atoms with Gasteiger partial charge in [-0.3, -0.25) is 19.1 Å². The second-order valence-electron chi connectivity index (χ2n) is 5.45. The zero-order valence-electron chi connectivity index (χ0n) is 14.3. The minimum atomic E-state index is -0.379. The first kappa shape index (κ1) is 18.7. The number of rotatable bonds is 5. The lowest BCUT2D eigenvalue weighted by molar-refractivity contribution is -0.125. The SMILES string of the molecule is CCN(CCCn1cc(C)c(=O)n(C)c1=O)C(=O)N(C)C(C)=O. The zero-order chi connectivity index (χ0) is 17.7. The van der Waals surface area contributed by atoms with Crippen LogP contribution in [0.4, 0.5) is 4.79 Å². The molecule has 0 saturated heterocycles. The summed E-state index contributed by atoms with van der Waals surface area (Å²) in [5, 5.41) is 0. The molecule has 3 amide bonds. The molecule has 128 valence electrons. The van der Waals surface area contributed by atoms with E-state index in [4.69, 9.17) is 0 Å². The first-order chi connectivity index (χ1) is 10.7. The van der Waals surface area contributed by atoms with Gasteiger partial charge in [-0.2, -0.15) is 0 Å². The number of hydrogen-bond donors (Lipinski definition) is 0. The van der Waals surface area contributed by atoms with Crippen LogP contribution < -0.4 is 11.2 Å². The Kier molecular flexibility index (Phi) is 6.29. The fourth-order valence-electron chi connectivity index (χ4n) is 2.22. The normalized spacial score (nSPS) is 10.5. The molecule has 1 heterocycles. The van der Waals surface area contributed by atoms with Gasteiger partial charge in [0.2, 0.25) is 5.91 Å². The van der Waals surface area contributed by atoms with Crippen LogP contribution in [0.2, 0.25) is 0 Å². The van der Waals surface area contributed by atoms with Gasteiger partial charge in [-0.05, 0) is 20.3 Å². The van der Waals surface area contributed by atoms with Crippen LogP contribution in [-0.2, 0) is 18.4 Å². The van der Waals surface area contributed by atoms with Gasteiger partial charge in [0.1, 0.15) is 0 Å². The van der Waals surface area contributed by atoms with Crippen LogP contribution in [0, 0.1) is 6.92 Å². The number of amides is 3. The molecule has 23 heavy (non-hydrogen) atoms. The van der Waals surface area contributed by atoms with Crippen LogP contribution in [0.15, 0.2) is 15.8 Å². The van der Waals surface area contributed by atoms with Crippen LogP contribution in [0.3, 0.4) is 0 Å². The first-order valence-corrected chi connectivity index (χ1v) is 7.51. The van der Waals surface area contributed by atoms with Crippen LogP contribution in [-0.4, -0.2) is 51.0 Å². The lowest BCUT2D eigenvalue weighted by atomic mass is 10.3. The molecule has 0 aliphatic carbocycles. The molecule has 0 N–H and O–H groups in total. The quantitative estimate of drug-likeness (QED) is 0.772. The van der Waals surface area contributed by atoms with Crippen molar-refractivity contribution < 1.29 is 9.59 Å². The van der Waals surface area contributed by atoms with Gasteiger partial charge in [0.05, 0.1) is 0 Å². The molecule has 1 rings (SSSR count). The average Bonchev–Trinajstić information content (AvgIpc) is 2.52. The maximum Gasteiger partial charge on any atom is 0.330 e. The molecule has 8 nitrogen and oxygen atoms in total. The van der Waals surface area contributed by atoms with Gasteiger partial charge in [-0.1, -0.05) is 0 Å². The summed E-state index contributed by atoms with van der Waals surface area (Å²) >= 11 is 0. The molecule has 0 atom stereocenters. The molecule has 1 aromatic heterocycles. The smallest absolute Gasteiger partial charge is 0.325 e. The van der Waals surface area contributed by atoms with Crippen LogP contribution >= 0.6 is 0 Å². The fourth-order valence-corrected chi connectivity index (χ4v) is 2.22. The molecule has 0 aromatic carbocycles. The number of aryl methyl sites for hydroxylation is 2. The van der Waals surface area contributed by atoms with Crippen molar-refractivity contribution in [2.24, 2.45) is 7.05 Å². The molecule has 8 heteroatoms. The Balaban J connectivity index is 2.76. The van der Waals surface area contributed by atoms with Gasteiger partial charge in [-0.25, -0.2) is 9.59 Å². The van der Waals surface area contributed by atoms with Gasteiger partial charge in [0, 0.05) is 52.4 Å². The lowest BCUT2D eigenvalue weighted by Gasteiger charge is -2.25. The number of nitrogens with zero attached hydrogens (tertiary/aromatic N) is 4. The average molecular weight is 324 g/mol. The highest BCUT2D eigenvalue weighted by molar-refractivity contribution is 5.92. The van der Waals surface area contributed by atoms with E-state index < -0.39 is 0 Å². The van der Waals surface area contributed by atoms with Crippen molar-refractivity contribution in [3.8, 4) is 0 Å². The summed E-state index contributed by atoms with van der Waals surface area (Å²) < 4.78 is 2.53. The molecule has 1 aromatic rings. The summed E-state index contributed by atoms with van der Waals surface area (Å²) in [5.74, 6) is -0.321. The van der Waals surface area contributed by atoms with Gasteiger partial charge < -0.3 is 9.47 Å². The van der Waals surface area contributed by atoms with Crippen molar-refractivity contribution in [2.75, 3.05) is 20.1 Å². The zero-order valence-corrected chi connectivity index (χ0v) is 14.3. The second kappa shape index (κ2) is 7.75. The highest BCUT2D eigenvalue weighted by Crippen LogP contribution is 2.00. The van der Waals surface area contributed by atoms with Gasteiger partial charge in [0.25, 0.3) is 5.56 Å². The van der Waals surface area contributed by atoms with Gasteiger partial charge in [0.15, 0.2) is 0 Å². The highest BCUT2D eigenvalue weighted by atomic mass is 16.2. The molecular weight excluding hydrogens is 300 g/mol. The van der Waals surface area contributed by atoms with E-state index in [0.29, 0.717) is 31.6 Å². The van der Waals surface area contributed by atoms with Crippen molar-refractivity contribution in [3.05, 3.63) is 32.6 Å². The first-order valence-electron chi connectivity index (χ1n) is 7.51. The third-order valence-corrected chi connectivity index (χ3v) is 3.76. The maximum absolute atomic E-state index is 12.1. The Bertz CT molecular complexity index is 704. The summed E-state index contributed by atoms with van der Waals surface area (Å²) in [5.41, 5.74) is -0.192. The van der Waals surface area contributed by atoms with E-state index in [2.05, 4.69) is 0 Å². The summed E-state index contributed by atoms with van der Waals surface area (Å²) in [7, 11) is 2.88. The molecular formula is C15H24N4O4. The number of aromatic nitrogens is 2. The van der Waals surface area contributed by atoms with Crippen LogP contribution in [0.25, 0.3) is 0 Å². The fraction of sp³-hybridized carbons (Fsp3) is 0.600. The Morgan fingerprint density at radius 3 is 2.39 bits per heavy atom. The molecule has 0 fully saturated rings.